The summed E-state index contributed by atoms with van der Waals surface area (Å²) < 4.78 is 33.4. The molecule has 10 heteroatoms. The third-order valence-electron chi connectivity index (χ3n) is 3.74. The molecule has 0 saturated carbocycles. The van der Waals surface area contributed by atoms with Crippen molar-refractivity contribution in [2.75, 3.05) is 16.6 Å². The van der Waals surface area contributed by atoms with Crippen molar-refractivity contribution >= 4 is 49.7 Å². The fraction of sp³-hybridized carbons (Fsp3) is 0.158. The lowest BCUT2D eigenvalue weighted by Gasteiger charge is -2.11. The summed E-state index contributed by atoms with van der Waals surface area (Å²) in [6.07, 6.45) is 1.64. The highest BCUT2D eigenvalue weighted by atomic mass is 35.5. The molecule has 0 saturated heterocycles. The molecule has 1 heterocycles. The summed E-state index contributed by atoms with van der Waals surface area (Å²) in [5.74, 6) is 0.151. The van der Waals surface area contributed by atoms with Crippen molar-refractivity contribution in [2.24, 2.45) is 0 Å². The number of thiazole rings is 1. The van der Waals surface area contributed by atoms with Gasteiger partial charge in [0.25, 0.3) is 15.9 Å². The van der Waals surface area contributed by atoms with E-state index >= 15 is 0 Å². The number of anilines is 2. The summed E-state index contributed by atoms with van der Waals surface area (Å²) in [4.78, 5) is 17.3. The Labute approximate surface area is 177 Å². The second-order valence-corrected chi connectivity index (χ2v) is 9.23. The van der Waals surface area contributed by atoms with E-state index in [4.69, 9.17) is 16.3 Å². The lowest BCUT2D eigenvalue weighted by atomic mass is 10.2. The van der Waals surface area contributed by atoms with Crippen LogP contribution >= 0.6 is 22.9 Å². The monoisotopic (exact) mass is 451 g/mol. The van der Waals surface area contributed by atoms with E-state index in [1.165, 1.54) is 29.5 Å². The van der Waals surface area contributed by atoms with Crippen molar-refractivity contribution in [1.29, 1.82) is 0 Å². The zero-order valence-electron chi connectivity index (χ0n) is 15.6. The number of benzene rings is 2. The van der Waals surface area contributed by atoms with Crippen molar-refractivity contribution < 1.29 is 17.9 Å². The summed E-state index contributed by atoms with van der Waals surface area (Å²) in [5, 5.41) is 3.08. The predicted octanol–water partition coefficient (Wildman–Crippen LogP) is 4.56. The molecule has 0 aliphatic rings. The van der Waals surface area contributed by atoms with Gasteiger partial charge in [0.05, 0.1) is 11.6 Å². The summed E-state index contributed by atoms with van der Waals surface area (Å²) >= 11 is 7.42. The fourth-order valence-electron chi connectivity index (χ4n) is 2.43. The number of rotatable bonds is 7. The number of hydrogen-bond acceptors (Lipinski definition) is 6. The molecule has 3 rings (SSSR count). The van der Waals surface area contributed by atoms with Gasteiger partial charge in [-0.3, -0.25) is 14.8 Å². The minimum absolute atomic E-state index is 0.00470. The maximum Gasteiger partial charge on any atom is 0.263 e. The van der Waals surface area contributed by atoms with E-state index < -0.39 is 15.9 Å². The lowest BCUT2D eigenvalue weighted by molar-refractivity contribution is 0.102. The number of carbonyl (C=O) groups is 1. The summed E-state index contributed by atoms with van der Waals surface area (Å²) in [6, 6.07) is 10.5. The van der Waals surface area contributed by atoms with E-state index in [1.807, 2.05) is 13.8 Å². The van der Waals surface area contributed by atoms with E-state index in [2.05, 4.69) is 15.0 Å². The SMILES string of the molecule is CCOc1ccc(NS(=O)(=O)c2cc(C(=O)Nc3ncc(C)s3)ccc2Cl)cc1. The average Bonchev–Trinajstić information content (AvgIpc) is 3.08. The van der Waals surface area contributed by atoms with Gasteiger partial charge >= 0.3 is 0 Å². The Hall–Kier alpha value is -2.62. The van der Waals surface area contributed by atoms with Crippen LogP contribution in [0.25, 0.3) is 0 Å². The van der Waals surface area contributed by atoms with E-state index in [1.54, 1.807) is 30.5 Å². The minimum atomic E-state index is -4.01. The topological polar surface area (TPSA) is 97.4 Å². The largest absolute Gasteiger partial charge is 0.494 e. The number of ether oxygens (including phenoxy) is 1. The first-order chi connectivity index (χ1) is 13.8. The van der Waals surface area contributed by atoms with Crippen LogP contribution in [0, 0.1) is 6.92 Å². The highest BCUT2D eigenvalue weighted by Crippen LogP contribution is 2.26. The van der Waals surface area contributed by atoms with Gasteiger partial charge in [0.2, 0.25) is 0 Å². The summed E-state index contributed by atoms with van der Waals surface area (Å²) in [5.41, 5.74) is 0.493. The molecule has 0 aliphatic heterocycles. The van der Waals surface area contributed by atoms with Crippen LogP contribution in [0.15, 0.2) is 53.6 Å². The Morgan fingerprint density at radius 2 is 1.93 bits per heavy atom. The second kappa shape index (κ2) is 8.81. The molecule has 0 radical (unpaired) electrons. The summed E-state index contributed by atoms with van der Waals surface area (Å²) in [7, 11) is -4.01. The number of halogens is 1. The number of aromatic nitrogens is 1. The van der Waals surface area contributed by atoms with Crippen LogP contribution < -0.4 is 14.8 Å². The van der Waals surface area contributed by atoms with Gasteiger partial charge in [-0.05, 0) is 56.3 Å². The van der Waals surface area contributed by atoms with Crippen LogP contribution in [0.4, 0.5) is 10.8 Å². The number of nitrogens with one attached hydrogen (secondary N) is 2. The van der Waals surface area contributed by atoms with Gasteiger partial charge in [-0.1, -0.05) is 11.6 Å². The summed E-state index contributed by atoms with van der Waals surface area (Å²) in [6.45, 7) is 4.24. The third kappa shape index (κ3) is 5.26. The number of carbonyl (C=O) groups excluding carboxylic acids is 1. The highest BCUT2D eigenvalue weighted by Gasteiger charge is 2.21. The van der Waals surface area contributed by atoms with Gasteiger partial charge in [-0.2, -0.15) is 0 Å². The molecule has 0 aliphatic carbocycles. The van der Waals surface area contributed by atoms with Crippen LogP contribution in [-0.4, -0.2) is 25.9 Å². The molecule has 0 fully saturated rings. The maximum absolute atomic E-state index is 12.8. The molecule has 0 spiro atoms. The standard InChI is InChI=1S/C19H18ClN3O4S2/c1-3-27-15-7-5-14(6-8-15)23-29(25,26)17-10-13(4-9-16(17)20)18(24)22-19-21-11-12(2)28-19/h4-11,23H,3H2,1-2H3,(H,21,22,24). The molecule has 2 N–H and O–H groups in total. The molecule has 0 bridgehead atoms. The van der Waals surface area contributed by atoms with Gasteiger partial charge in [0, 0.05) is 22.3 Å². The number of sulfonamides is 1. The van der Waals surface area contributed by atoms with E-state index in [9.17, 15) is 13.2 Å². The van der Waals surface area contributed by atoms with E-state index in [-0.39, 0.29) is 15.5 Å². The van der Waals surface area contributed by atoms with Gasteiger partial charge in [-0.15, -0.1) is 11.3 Å². The second-order valence-electron chi connectivity index (χ2n) is 5.94. The maximum atomic E-state index is 12.8. The van der Waals surface area contributed by atoms with Gasteiger partial charge in [0.15, 0.2) is 5.13 Å². The van der Waals surface area contributed by atoms with Crippen LogP contribution in [-0.2, 0) is 10.0 Å². The molecule has 152 valence electrons. The van der Waals surface area contributed by atoms with Crippen LogP contribution in [0.3, 0.4) is 0 Å². The lowest BCUT2D eigenvalue weighted by Crippen LogP contribution is -2.16. The molecule has 0 atom stereocenters. The van der Waals surface area contributed by atoms with Gasteiger partial charge in [0.1, 0.15) is 10.6 Å². The predicted molar refractivity (Wildman–Crippen MR) is 115 cm³/mol. The molecule has 0 unspecified atom stereocenters. The number of hydrogen-bond donors (Lipinski definition) is 2. The van der Waals surface area contributed by atoms with Crippen molar-refractivity contribution in [1.82, 2.24) is 4.98 Å². The fourth-order valence-corrected chi connectivity index (χ4v) is 4.67. The Balaban J connectivity index is 1.82. The Bertz CT molecular complexity index is 1130. The number of nitrogens with zero attached hydrogens (tertiary/aromatic N) is 1. The molecule has 1 amide bonds. The Morgan fingerprint density at radius 3 is 2.55 bits per heavy atom. The molecular formula is C19H18ClN3O4S2. The normalized spacial score (nSPS) is 11.1. The first-order valence-corrected chi connectivity index (χ1v) is 11.3. The zero-order chi connectivity index (χ0) is 21.0. The zero-order valence-corrected chi connectivity index (χ0v) is 18.0. The molecule has 7 nitrogen and oxygen atoms in total. The number of aryl methyl sites for hydroxylation is 1. The van der Waals surface area contributed by atoms with Crippen molar-refractivity contribution in [3.63, 3.8) is 0 Å². The van der Waals surface area contributed by atoms with Crippen LogP contribution in [0.2, 0.25) is 5.02 Å². The Kier molecular flexibility index (Phi) is 6.41. The Morgan fingerprint density at radius 1 is 1.21 bits per heavy atom. The number of amides is 1. The molecule has 2 aromatic carbocycles. The molecule has 1 aromatic heterocycles. The molecule has 3 aromatic rings. The average molecular weight is 452 g/mol. The third-order valence-corrected chi connectivity index (χ3v) is 6.43. The van der Waals surface area contributed by atoms with Crippen molar-refractivity contribution in [3.8, 4) is 5.75 Å². The van der Waals surface area contributed by atoms with Crippen molar-refractivity contribution in [3.05, 3.63) is 64.1 Å². The highest BCUT2D eigenvalue weighted by molar-refractivity contribution is 7.92. The van der Waals surface area contributed by atoms with E-state index in [0.717, 1.165) is 4.88 Å². The van der Waals surface area contributed by atoms with Crippen molar-refractivity contribution in [2.45, 2.75) is 18.7 Å². The smallest absolute Gasteiger partial charge is 0.263 e. The molecular weight excluding hydrogens is 434 g/mol. The minimum Gasteiger partial charge on any atom is -0.494 e. The first-order valence-electron chi connectivity index (χ1n) is 8.57. The quantitative estimate of drug-likeness (QED) is 0.549. The molecule has 29 heavy (non-hydrogen) atoms. The van der Waals surface area contributed by atoms with Gasteiger partial charge in [-0.25, -0.2) is 13.4 Å². The van der Waals surface area contributed by atoms with Crippen LogP contribution in [0.1, 0.15) is 22.2 Å². The first kappa shape index (κ1) is 21.1. The van der Waals surface area contributed by atoms with Gasteiger partial charge < -0.3 is 4.74 Å². The van der Waals surface area contributed by atoms with Crippen LogP contribution in [0.5, 0.6) is 5.75 Å². The van der Waals surface area contributed by atoms with E-state index in [0.29, 0.717) is 23.2 Å².